The summed E-state index contributed by atoms with van der Waals surface area (Å²) >= 11 is 0. The van der Waals surface area contributed by atoms with Crippen LogP contribution in [0.4, 0.5) is 0 Å². The Hall–Kier alpha value is -1.96. The Bertz CT molecular complexity index is 826. The number of carbonyl (C=O) groups is 1. The number of hydrogen-bond acceptors (Lipinski definition) is 3. The topological polar surface area (TPSA) is 70.9 Å². The van der Waals surface area contributed by atoms with Crippen LogP contribution in [0.25, 0.3) is 6.08 Å². The van der Waals surface area contributed by atoms with Crippen LogP contribution in [0, 0.1) is 0 Å². The first kappa shape index (κ1) is 21.7. The van der Waals surface area contributed by atoms with Gasteiger partial charge in [-0.05, 0) is 43.7 Å². The van der Waals surface area contributed by atoms with Crippen molar-refractivity contribution < 1.29 is 18.1 Å². The number of quaternary nitrogens is 1. The van der Waals surface area contributed by atoms with Crippen molar-refractivity contribution in [1.29, 1.82) is 0 Å². The summed E-state index contributed by atoms with van der Waals surface area (Å²) in [6.07, 6.45) is 9.76. The Morgan fingerprint density at radius 2 is 1.90 bits per heavy atom. The maximum Gasteiger partial charge on any atom is 0.275 e. The Morgan fingerprint density at radius 1 is 1.14 bits per heavy atom. The fourth-order valence-electron chi connectivity index (χ4n) is 3.83. The average molecular weight is 419 g/mol. The number of nitrogens with zero attached hydrogens (tertiary/aromatic N) is 1. The predicted octanol–water partition coefficient (Wildman–Crippen LogP) is 1.19. The van der Waals surface area contributed by atoms with Gasteiger partial charge in [0.15, 0.2) is 6.54 Å². The molecule has 0 aromatic heterocycles. The van der Waals surface area contributed by atoms with E-state index in [-0.39, 0.29) is 5.91 Å². The third kappa shape index (κ3) is 7.10. The number of allylic oxidation sites excluding steroid dienone is 1. The van der Waals surface area contributed by atoms with Crippen molar-refractivity contribution in [3.8, 4) is 0 Å². The van der Waals surface area contributed by atoms with Crippen molar-refractivity contribution in [3.05, 3.63) is 53.0 Å². The lowest BCUT2D eigenvalue weighted by Crippen LogP contribution is -3.15. The Balaban J connectivity index is 1.38. The van der Waals surface area contributed by atoms with E-state index in [2.05, 4.69) is 11.4 Å². The van der Waals surface area contributed by atoms with E-state index in [1.54, 1.807) is 6.08 Å². The Morgan fingerprint density at radius 3 is 2.59 bits per heavy atom. The molecule has 1 amide bonds. The highest BCUT2D eigenvalue weighted by Crippen LogP contribution is 2.19. The van der Waals surface area contributed by atoms with Gasteiger partial charge in [0, 0.05) is 12.0 Å². The highest BCUT2D eigenvalue weighted by atomic mass is 32.2. The maximum absolute atomic E-state index is 12.5. The monoisotopic (exact) mass is 418 g/mol. The van der Waals surface area contributed by atoms with Gasteiger partial charge in [0.2, 0.25) is 10.0 Å². The molecule has 0 radical (unpaired) electrons. The standard InChI is InChI=1S/C22H31N3O3S/c26-22(23-13-11-20-7-3-1-4-8-20)19-24-14-16-25(17-15-24)29(27,28)18-12-21-9-5-2-6-10-21/h2,5-7,9-10,12,18H,1,3-4,8,11,13-17,19H2,(H,23,26)/p+1/b18-12+. The molecule has 0 unspecified atom stereocenters. The van der Waals surface area contributed by atoms with Gasteiger partial charge < -0.3 is 10.2 Å². The van der Waals surface area contributed by atoms with Crippen LogP contribution < -0.4 is 10.2 Å². The summed E-state index contributed by atoms with van der Waals surface area (Å²) in [4.78, 5) is 13.3. The quantitative estimate of drug-likeness (QED) is 0.623. The number of hydrogen-bond donors (Lipinski definition) is 2. The highest BCUT2D eigenvalue weighted by molar-refractivity contribution is 7.92. The summed E-state index contributed by atoms with van der Waals surface area (Å²) < 4.78 is 26.6. The molecular formula is C22H32N3O3S+. The van der Waals surface area contributed by atoms with Crippen LogP contribution in [0.15, 0.2) is 47.4 Å². The molecule has 3 rings (SSSR count). The van der Waals surface area contributed by atoms with Crippen molar-refractivity contribution in [3.63, 3.8) is 0 Å². The number of amides is 1. The van der Waals surface area contributed by atoms with Crippen LogP contribution in [0.1, 0.15) is 37.7 Å². The zero-order valence-electron chi connectivity index (χ0n) is 17.0. The van der Waals surface area contributed by atoms with Crippen molar-refractivity contribution >= 4 is 22.0 Å². The third-order valence-electron chi connectivity index (χ3n) is 5.59. The van der Waals surface area contributed by atoms with Crippen molar-refractivity contribution in [2.45, 2.75) is 32.1 Å². The Labute approximate surface area is 174 Å². The van der Waals surface area contributed by atoms with Gasteiger partial charge in [-0.2, -0.15) is 4.31 Å². The summed E-state index contributed by atoms with van der Waals surface area (Å²) in [7, 11) is -3.43. The van der Waals surface area contributed by atoms with E-state index in [4.69, 9.17) is 0 Å². The third-order valence-corrected chi connectivity index (χ3v) is 7.15. The second-order valence-corrected chi connectivity index (χ2v) is 9.61. The van der Waals surface area contributed by atoms with Crippen molar-refractivity contribution in [1.82, 2.24) is 9.62 Å². The summed E-state index contributed by atoms with van der Waals surface area (Å²) in [6.45, 7) is 3.29. The van der Waals surface area contributed by atoms with E-state index in [9.17, 15) is 13.2 Å². The molecule has 2 aliphatic rings. The van der Waals surface area contributed by atoms with Crippen LogP contribution in [0.2, 0.25) is 0 Å². The second-order valence-electron chi connectivity index (χ2n) is 7.79. The van der Waals surface area contributed by atoms with E-state index in [0.717, 1.165) is 23.3 Å². The van der Waals surface area contributed by atoms with Gasteiger partial charge >= 0.3 is 0 Å². The predicted molar refractivity (Wildman–Crippen MR) is 116 cm³/mol. The fraction of sp³-hybridized carbons (Fsp3) is 0.500. The lowest BCUT2D eigenvalue weighted by Gasteiger charge is -2.30. The van der Waals surface area contributed by atoms with Gasteiger partial charge in [0.05, 0.1) is 26.2 Å². The molecule has 1 aromatic carbocycles. The number of rotatable bonds is 8. The second kappa shape index (κ2) is 10.7. The van der Waals surface area contributed by atoms with Crippen LogP contribution in [-0.2, 0) is 14.8 Å². The Kier molecular flexibility index (Phi) is 8.03. The zero-order chi connectivity index (χ0) is 20.5. The molecule has 1 fully saturated rings. The van der Waals surface area contributed by atoms with E-state index >= 15 is 0 Å². The lowest BCUT2D eigenvalue weighted by atomic mass is 9.97. The minimum atomic E-state index is -3.43. The first-order valence-corrected chi connectivity index (χ1v) is 12.0. The largest absolute Gasteiger partial charge is 0.351 e. The van der Waals surface area contributed by atoms with E-state index in [0.29, 0.717) is 39.3 Å². The number of benzene rings is 1. The normalized spacial score (nSPS) is 19.2. The van der Waals surface area contributed by atoms with E-state index < -0.39 is 10.0 Å². The SMILES string of the molecule is O=C(C[NH+]1CCN(S(=O)(=O)/C=C/c2ccccc2)CC1)NCCC1=CCCCC1. The van der Waals surface area contributed by atoms with Crippen LogP contribution in [-0.4, -0.2) is 57.9 Å². The number of piperazine rings is 1. The van der Waals surface area contributed by atoms with Gasteiger partial charge in [-0.25, -0.2) is 8.42 Å². The van der Waals surface area contributed by atoms with Gasteiger partial charge in [0.1, 0.15) is 0 Å². The summed E-state index contributed by atoms with van der Waals surface area (Å²) in [5.41, 5.74) is 2.33. The van der Waals surface area contributed by atoms with E-state index in [1.807, 2.05) is 30.3 Å². The average Bonchev–Trinajstić information content (AvgIpc) is 2.74. The van der Waals surface area contributed by atoms with Crippen molar-refractivity contribution in [2.24, 2.45) is 0 Å². The molecule has 2 N–H and O–H groups in total. The summed E-state index contributed by atoms with van der Waals surface area (Å²) in [6, 6.07) is 9.41. The van der Waals surface area contributed by atoms with Gasteiger partial charge in [-0.3, -0.25) is 4.79 Å². The molecule has 158 valence electrons. The molecule has 0 atom stereocenters. The van der Waals surface area contributed by atoms with Gasteiger partial charge in [0.25, 0.3) is 5.91 Å². The molecule has 1 aromatic rings. The van der Waals surface area contributed by atoms with Gasteiger partial charge in [-0.15, -0.1) is 0 Å². The minimum absolute atomic E-state index is 0.0525. The molecular weight excluding hydrogens is 386 g/mol. The van der Waals surface area contributed by atoms with Crippen LogP contribution in [0.3, 0.4) is 0 Å². The van der Waals surface area contributed by atoms with Crippen LogP contribution >= 0.6 is 0 Å². The smallest absolute Gasteiger partial charge is 0.275 e. The number of carbonyl (C=O) groups excluding carboxylic acids is 1. The molecule has 0 saturated carbocycles. The molecule has 1 saturated heterocycles. The molecule has 0 spiro atoms. The van der Waals surface area contributed by atoms with Crippen molar-refractivity contribution in [2.75, 3.05) is 39.3 Å². The number of sulfonamides is 1. The fourth-order valence-corrected chi connectivity index (χ4v) is 5.02. The summed E-state index contributed by atoms with van der Waals surface area (Å²) in [5, 5.41) is 4.29. The molecule has 7 heteroatoms. The summed E-state index contributed by atoms with van der Waals surface area (Å²) in [5.74, 6) is 0.0525. The number of nitrogens with one attached hydrogen (secondary N) is 2. The first-order valence-electron chi connectivity index (χ1n) is 10.5. The van der Waals surface area contributed by atoms with E-state index in [1.165, 1.54) is 34.5 Å². The zero-order valence-corrected chi connectivity index (χ0v) is 17.8. The molecule has 29 heavy (non-hydrogen) atoms. The lowest BCUT2D eigenvalue weighted by molar-refractivity contribution is -0.895. The van der Waals surface area contributed by atoms with Gasteiger partial charge in [-0.1, -0.05) is 42.0 Å². The highest BCUT2D eigenvalue weighted by Gasteiger charge is 2.28. The molecule has 0 bridgehead atoms. The first-order chi connectivity index (χ1) is 14.0. The molecule has 6 nitrogen and oxygen atoms in total. The molecule has 1 heterocycles. The molecule has 1 aliphatic heterocycles. The minimum Gasteiger partial charge on any atom is -0.351 e. The van der Waals surface area contributed by atoms with Crippen LogP contribution in [0.5, 0.6) is 0 Å². The molecule has 1 aliphatic carbocycles. The maximum atomic E-state index is 12.5.